The Kier molecular flexibility index (Phi) is 5.48. The van der Waals surface area contributed by atoms with Gasteiger partial charge in [-0.2, -0.15) is 8.42 Å². The van der Waals surface area contributed by atoms with Gasteiger partial charge in [0.15, 0.2) is 0 Å². The highest BCUT2D eigenvalue weighted by Crippen LogP contribution is 2.34. The first-order valence-corrected chi connectivity index (χ1v) is 12.7. The number of anilines is 1. The zero-order valence-corrected chi connectivity index (χ0v) is 20.8. The Morgan fingerprint density at radius 1 is 0.971 bits per heavy atom. The number of aromatic nitrogens is 3. The molecule has 0 radical (unpaired) electrons. The number of para-hydroxylation sites is 1. The number of hydrogen-bond acceptors (Lipinski definition) is 6. The average Bonchev–Trinajstić information content (AvgIpc) is 3.14. The Balaban J connectivity index is 1.57. The van der Waals surface area contributed by atoms with E-state index >= 15 is 0 Å². The summed E-state index contributed by atoms with van der Waals surface area (Å²) in [5.41, 5.74) is 3.50. The highest BCUT2D eigenvalue weighted by molar-refractivity contribution is 7.87. The van der Waals surface area contributed by atoms with Gasteiger partial charge in [0.25, 0.3) is 0 Å². The Hall–Kier alpha value is -3.91. The summed E-state index contributed by atoms with van der Waals surface area (Å²) in [6, 6.07) is 19.6. The number of pyridine rings is 2. The molecule has 7 nitrogen and oxygen atoms in total. The largest absolute Gasteiger partial charge is 0.379 e. The van der Waals surface area contributed by atoms with Gasteiger partial charge in [-0.25, -0.2) is 4.98 Å². The molecule has 3 heterocycles. The molecule has 0 saturated heterocycles. The number of aryl methyl sites for hydroxylation is 1. The summed E-state index contributed by atoms with van der Waals surface area (Å²) in [7, 11) is -4.11. The van der Waals surface area contributed by atoms with E-state index in [1.165, 1.54) is 6.07 Å². The SMILES string of the molecule is Cc1ccn2c(NC(C)(C)C)c(-c3cccc(OS(=O)(=O)c4cccc5cccnc45)c3)nc2c1. The summed E-state index contributed by atoms with van der Waals surface area (Å²) in [4.78, 5) is 9.13. The van der Waals surface area contributed by atoms with Gasteiger partial charge in [0.2, 0.25) is 0 Å². The Morgan fingerprint density at radius 3 is 2.54 bits per heavy atom. The van der Waals surface area contributed by atoms with E-state index < -0.39 is 10.1 Å². The predicted octanol–water partition coefficient (Wildman–Crippen LogP) is 5.84. The highest BCUT2D eigenvalue weighted by atomic mass is 32.2. The van der Waals surface area contributed by atoms with Crippen molar-refractivity contribution < 1.29 is 12.6 Å². The van der Waals surface area contributed by atoms with Crippen molar-refractivity contribution in [2.45, 2.75) is 38.1 Å². The second-order valence-electron chi connectivity index (χ2n) is 9.51. The summed E-state index contributed by atoms with van der Waals surface area (Å²) < 4.78 is 34.0. The number of nitrogens with zero attached hydrogens (tertiary/aromatic N) is 3. The normalized spacial score (nSPS) is 12.2. The van der Waals surface area contributed by atoms with E-state index in [1.54, 1.807) is 36.5 Å². The molecule has 35 heavy (non-hydrogen) atoms. The number of benzene rings is 2. The first kappa shape index (κ1) is 22.9. The monoisotopic (exact) mass is 486 g/mol. The molecule has 0 aliphatic rings. The molecule has 0 bridgehead atoms. The molecule has 0 spiro atoms. The highest BCUT2D eigenvalue weighted by Gasteiger charge is 2.23. The van der Waals surface area contributed by atoms with Gasteiger partial charge in [0.05, 0.1) is 5.52 Å². The lowest BCUT2D eigenvalue weighted by Gasteiger charge is -2.22. The summed E-state index contributed by atoms with van der Waals surface area (Å²) >= 11 is 0. The fourth-order valence-corrected chi connectivity index (χ4v) is 5.07. The third-order valence-corrected chi connectivity index (χ3v) is 6.73. The van der Waals surface area contributed by atoms with E-state index in [9.17, 15) is 8.42 Å². The van der Waals surface area contributed by atoms with Gasteiger partial charge in [0, 0.05) is 28.9 Å². The molecule has 0 fully saturated rings. The maximum Gasteiger partial charge on any atom is 0.341 e. The van der Waals surface area contributed by atoms with Crippen LogP contribution in [-0.4, -0.2) is 28.3 Å². The van der Waals surface area contributed by atoms with Crippen LogP contribution >= 0.6 is 0 Å². The standard InChI is InChI=1S/C27H26N4O3S/c1-18-13-15-31-23(16-18)29-25(26(31)30-27(2,3)4)20-9-5-11-21(17-20)34-35(32,33)22-12-6-8-19-10-7-14-28-24(19)22/h5-17,30H,1-4H3. The molecule has 1 N–H and O–H groups in total. The van der Waals surface area contributed by atoms with Gasteiger partial charge in [-0.1, -0.05) is 30.3 Å². The molecule has 8 heteroatoms. The van der Waals surface area contributed by atoms with Crippen molar-refractivity contribution in [2.75, 3.05) is 5.32 Å². The quantitative estimate of drug-likeness (QED) is 0.314. The minimum atomic E-state index is -4.11. The Labute approximate surface area is 204 Å². The number of imidazole rings is 1. The maximum absolute atomic E-state index is 13.2. The molecule has 0 amide bonds. The van der Waals surface area contributed by atoms with Crippen molar-refractivity contribution >= 4 is 32.5 Å². The lowest BCUT2D eigenvalue weighted by molar-refractivity contribution is 0.487. The molecular formula is C27H26N4O3S. The summed E-state index contributed by atoms with van der Waals surface area (Å²) in [6.07, 6.45) is 3.55. The second kappa shape index (κ2) is 8.39. The molecule has 178 valence electrons. The Bertz CT molecular complexity index is 1660. The van der Waals surface area contributed by atoms with E-state index in [4.69, 9.17) is 9.17 Å². The molecule has 2 aromatic carbocycles. The lowest BCUT2D eigenvalue weighted by Crippen LogP contribution is -2.27. The van der Waals surface area contributed by atoms with Crippen molar-refractivity contribution in [1.82, 2.24) is 14.4 Å². The zero-order chi connectivity index (χ0) is 24.8. The average molecular weight is 487 g/mol. The minimum absolute atomic E-state index is 0.0271. The van der Waals surface area contributed by atoms with Crippen LogP contribution in [0.2, 0.25) is 0 Å². The van der Waals surface area contributed by atoms with Crippen molar-refractivity contribution in [3.05, 3.63) is 84.7 Å². The molecule has 5 aromatic rings. The third kappa shape index (κ3) is 4.57. The van der Waals surface area contributed by atoms with Crippen molar-refractivity contribution in [2.24, 2.45) is 0 Å². The second-order valence-corrected chi connectivity index (χ2v) is 11.0. The van der Waals surface area contributed by atoms with E-state index in [1.807, 2.05) is 47.9 Å². The van der Waals surface area contributed by atoms with Crippen LogP contribution in [-0.2, 0) is 10.1 Å². The first-order valence-electron chi connectivity index (χ1n) is 11.3. The van der Waals surface area contributed by atoms with Crippen LogP contribution in [0.5, 0.6) is 5.75 Å². The van der Waals surface area contributed by atoms with Gasteiger partial charge >= 0.3 is 10.1 Å². The fraction of sp³-hybridized carbons (Fsp3) is 0.185. The first-order chi connectivity index (χ1) is 16.6. The molecule has 0 atom stereocenters. The van der Waals surface area contributed by atoms with Crippen LogP contribution in [0, 0.1) is 6.92 Å². The maximum atomic E-state index is 13.2. The molecule has 0 aliphatic heterocycles. The smallest absolute Gasteiger partial charge is 0.341 e. The van der Waals surface area contributed by atoms with Crippen molar-refractivity contribution in [3.63, 3.8) is 0 Å². The van der Waals surface area contributed by atoms with E-state index in [2.05, 4.69) is 31.1 Å². The predicted molar refractivity (Wildman–Crippen MR) is 138 cm³/mol. The van der Waals surface area contributed by atoms with Gasteiger partial charge in [-0.15, -0.1) is 0 Å². The number of fused-ring (bicyclic) bond motifs is 2. The zero-order valence-electron chi connectivity index (χ0n) is 20.0. The fourth-order valence-electron chi connectivity index (χ4n) is 3.97. The molecule has 0 aliphatic carbocycles. The Morgan fingerprint density at radius 2 is 1.74 bits per heavy atom. The number of hydrogen-bond donors (Lipinski definition) is 1. The molecule has 3 aromatic heterocycles. The van der Waals surface area contributed by atoms with E-state index in [-0.39, 0.29) is 16.2 Å². The topological polar surface area (TPSA) is 85.6 Å². The van der Waals surface area contributed by atoms with Gasteiger partial charge < -0.3 is 9.50 Å². The number of nitrogens with one attached hydrogen (secondary N) is 1. The van der Waals surface area contributed by atoms with Gasteiger partial charge in [-0.3, -0.25) is 9.38 Å². The minimum Gasteiger partial charge on any atom is -0.379 e. The van der Waals surface area contributed by atoms with Crippen LogP contribution in [0.1, 0.15) is 26.3 Å². The van der Waals surface area contributed by atoms with Gasteiger partial charge in [0.1, 0.15) is 27.8 Å². The molecular weight excluding hydrogens is 460 g/mol. The number of rotatable bonds is 5. The molecule has 5 rings (SSSR count). The van der Waals surface area contributed by atoms with E-state index in [0.29, 0.717) is 11.2 Å². The van der Waals surface area contributed by atoms with Crippen LogP contribution in [0.4, 0.5) is 5.82 Å². The van der Waals surface area contributed by atoms with Crippen LogP contribution in [0.15, 0.2) is 84.0 Å². The van der Waals surface area contributed by atoms with Crippen LogP contribution in [0.25, 0.3) is 27.8 Å². The van der Waals surface area contributed by atoms with Crippen molar-refractivity contribution in [1.29, 1.82) is 0 Å². The molecule has 0 unspecified atom stereocenters. The van der Waals surface area contributed by atoms with Crippen LogP contribution < -0.4 is 9.50 Å². The van der Waals surface area contributed by atoms with Crippen LogP contribution in [0.3, 0.4) is 0 Å². The third-order valence-electron chi connectivity index (χ3n) is 5.45. The van der Waals surface area contributed by atoms with Crippen molar-refractivity contribution in [3.8, 4) is 17.0 Å². The summed E-state index contributed by atoms with van der Waals surface area (Å²) in [5.74, 6) is 1.02. The van der Waals surface area contributed by atoms with Gasteiger partial charge in [-0.05, 0) is 69.7 Å². The lowest BCUT2D eigenvalue weighted by atomic mass is 10.1. The molecule has 0 saturated carbocycles. The van der Waals surface area contributed by atoms with E-state index in [0.717, 1.165) is 28.0 Å². The summed E-state index contributed by atoms with van der Waals surface area (Å²) in [5, 5.41) is 4.26. The summed E-state index contributed by atoms with van der Waals surface area (Å²) in [6.45, 7) is 8.25.